The van der Waals surface area contributed by atoms with E-state index in [4.69, 9.17) is 0 Å². The van der Waals surface area contributed by atoms with Gasteiger partial charge in [0.2, 0.25) is 5.13 Å². The van der Waals surface area contributed by atoms with E-state index in [0.29, 0.717) is 14.3 Å². The molecular formula is C12H11FIN3OS. The number of anilines is 1. The Bertz CT molecular complexity index is 602. The van der Waals surface area contributed by atoms with Crippen molar-refractivity contribution in [2.24, 2.45) is 0 Å². The number of nitrogens with one attached hydrogen (secondary N) is 1. The second kappa shape index (κ2) is 6.38. The molecule has 0 spiro atoms. The van der Waals surface area contributed by atoms with Gasteiger partial charge in [0.25, 0.3) is 5.91 Å². The molecule has 1 N–H and O–H groups in total. The van der Waals surface area contributed by atoms with Gasteiger partial charge in [0.1, 0.15) is 10.8 Å². The summed E-state index contributed by atoms with van der Waals surface area (Å²) in [6.45, 7) is 2.06. The average molecular weight is 391 g/mol. The minimum Gasteiger partial charge on any atom is -0.296 e. The molecule has 1 heterocycles. The first-order chi connectivity index (χ1) is 9.10. The van der Waals surface area contributed by atoms with E-state index in [0.717, 1.165) is 17.8 Å². The maximum absolute atomic E-state index is 13.0. The Morgan fingerprint density at radius 3 is 2.95 bits per heavy atom. The molecule has 4 nitrogen and oxygen atoms in total. The Hall–Kier alpha value is -1.09. The smallest absolute Gasteiger partial charge is 0.258 e. The molecular weight excluding hydrogens is 380 g/mol. The van der Waals surface area contributed by atoms with Crippen molar-refractivity contribution in [2.75, 3.05) is 5.32 Å². The molecule has 1 aromatic carbocycles. The third-order valence-corrected chi connectivity index (χ3v) is 4.12. The minimum absolute atomic E-state index is 0.302. The van der Waals surface area contributed by atoms with Gasteiger partial charge in [0, 0.05) is 9.99 Å². The van der Waals surface area contributed by atoms with Crippen LogP contribution in [0.2, 0.25) is 0 Å². The van der Waals surface area contributed by atoms with Crippen molar-refractivity contribution in [1.29, 1.82) is 0 Å². The van der Waals surface area contributed by atoms with Crippen molar-refractivity contribution in [1.82, 2.24) is 10.2 Å². The Morgan fingerprint density at radius 1 is 1.47 bits per heavy atom. The monoisotopic (exact) mass is 391 g/mol. The molecule has 0 unspecified atom stereocenters. The predicted octanol–water partition coefficient (Wildman–Crippen LogP) is 3.49. The van der Waals surface area contributed by atoms with Crippen LogP contribution in [0.1, 0.15) is 28.7 Å². The van der Waals surface area contributed by atoms with Crippen LogP contribution in [0.4, 0.5) is 9.52 Å². The van der Waals surface area contributed by atoms with E-state index in [2.05, 4.69) is 22.4 Å². The van der Waals surface area contributed by atoms with Gasteiger partial charge in [-0.25, -0.2) is 4.39 Å². The SMILES string of the molecule is CCCc1nnc(NC(=O)c2ccc(F)cc2I)s1. The van der Waals surface area contributed by atoms with Crippen molar-refractivity contribution < 1.29 is 9.18 Å². The molecule has 0 aliphatic carbocycles. The van der Waals surface area contributed by atoms with E-state index in [1.54, 1.807) is 0 Å². The molecule has 100 valence electrons. The first-order valence-electron chi connectivity index (χ1n) is 5.69. The van der Waals surface area contributed by atoms with E-state index in [1.165, 1.54) is 29.5 Å². The zero-order chi connectivity index (χ0) is 13.8. The van der Waals surface area contributed by atoms with Crippen LogP contribution < -0.4 is 5.32 Å². The Kier molecular flexibility index (Phi) is 4.81. The topological polar surface area (TPSA) is 54.9 Å². The maximum atomic E-state index is 13.0. The summed E-state index contributed by atoms with van der Waals surface area (Å²) >= 11 is 3.29. The van der Waals surface area contributed by atoms with Gasteiger partial charge in [0.15, 0.2) is 0 Å². The van der Waals surface area contributed by atoms with Crippen LogP contribution in [0.3, 0.4) is 0 Å². The molecule has 0 fully saturated rings. The Morgan fingerprint density at radius 2 is 2.26 bits per heavy atom. The van der Waals surface area contributed by atoms with E-state index >= 15 is 0 Å². The van der Waals surface area contributed by atoms with Gasteiger partial charge in [-0.15, -0.1) is 10.2 Å². The lowest BCUT2D eigenvalue weighted by molar-refractivity contribution is 0.102. The van der Waals surface area contributed by atoms with E-state index in [1.807, 2.05) is 22.6 Å². The van der Waals surface area contributed by atoms with Gasteiger partial charge in [-0.3, -0.25) is 10.1 Å². The summed E-state index contributed by atoms with van der Waals surface area (Å²) in [7, 11) is 0. The van der Waals surface area contributed by atoms with Gasteiger partial charge < -0.3 is 0 Å². The molecule has 2 aromatic rings. The molecule has 2 rings (SSSR count). The van der Waals surface area contributed by atoms with E-state index < -0.39 is 0 Å². The second-order valence-corrected chi connectivity index (χ2v) is 6.05. The summed E-state index contributed by atoms with van der Waals surface area (Å²) in [6.07, 6.45) is 1.83. The normalized spacial score (nSPS) is 10.5. The van der Waals surface area contributed by atoms with Crippen LogP contribution in [0, 0.1) is 9.39 Å². The fraction of sp³-hybridized carbons (Fsp3) is 0.250. The summed E-state index contributed by atoms with van der Waals surface area (Å²) in [4.78, 5) is 12.0. The summed E-state index contributed by atoms with van der Waals surface area (Å²) in [5.74, 6) is -0.661. The highest BCUT2D eigenvalue weighted by Gasteiger charge is 2.13. The highest BCUT2D eigenvalue weighted by molar-refractivity contribution is 14.1. The third-order valence-electron chi connectivity index (χ3n) is 2.33. The van der Waals surface area contributed by atoms with Crippen LogP contribution in [0.15, 0.2) is 18.2 Å². The molecule has 1 aromatic heterocycles. The van der Waals surface area contributed by atoms with Crippen molar-refractivity contribution in [3.05, 3.63) is 38.2 Å². The molecule has 0 atom stereocenters. The number of carbonyl (C=O) groups excluding carboxylic acids is 1. The van der Waals surface area contributed by atoms with Crippen LogP contribution in [-0.4, -0.2) is 16.1 Å². The molecule has 0 aliphatic rings. The number of rotatable bonds is 4. The van der Waals surface area contributed by atoms with Crippen LogP contribution in [0.25, 0.3) is 0 Å². The van der Waals surface area contributed by atoms with Gasteiger partial charge in [-0.1, -0.05) is 18.3 Å². The maximum Gasteiger partial charge on any atom is 0.258 e. The lowest BCUT2D eigenvalue weighted by Gasteiger charge is -2.03. The number of hydrogen-bond donors (Lipinski definition) is 1. The number of halogens is 2. The molecule has 7 heteroatoms. The minimum atomic E-state index is -0.359. The highest BCUT2D eigenvalue weighted by atomic mass is 127. The van der Waals surface area contributed by atoms with Crippen LogP contribution >= 0.6 is 33.9 Å². The number of hydrogen-bond acceptors (Lipinski definition) is 4. The van der Waals surface area contributed by atoms with Gasteiger partial charge >= 0.3 is 0 Å². The summed E-state index contributed by atoms with van der Waals surface area (Å²) < 4.78 is 13.5. The molecule has 0 radical (unpaired) electrons. The number of aryl methyl sites for hydroxylation is 1. The summed E-state index contributed by atoms with van der Waals surface area (Å²) in [5.41, 5.74) is 0.425. The molecule has 19 heavy (non-hydrogen) atoms. The van der Waals surface area contributed by atoms with Gasteiger partial charge in [-0.2, -0.15) is 0 Å². The average Bonchev–Trinajstić information content (AvgIpc) is 2.76. The number of benzene rings is 1. The third kappa shape index (κ3) is 3.69. The van der Waals surface area contributed by atoms with Crippen molar-refractivity contribution in [3.63, 3.8) is 0 Å². The Balaban J connectivity index is 2.11. The lowest BCUT2D eigenvalue weighted by Crippen LogP contribution is -2.13. The molecule has 0 aliphatic heterocycles. The van der Waals surface area contributed by atoms with Crippen molar-refractivity contribution >= 4 is 45.0 Å². The molecule has 0 bridgehead atoms. The first kappa shape index (κ1) is 14.3. The van der Waals surface area contributed by atoms with E-state index in [-0.39, 0.29) is 11.7 Å². The van der Waals surface area contributed by atoms with Crippen LogP contribution in [0.5, 0.6) is 0 Å². The number of nitrogens with zero attached hydrogens (tertiary/aromatic N) is 2. The van der Waals surface area contributed by atoms with Crippen LogP contribution in [-0.2, 0) is 6.42 Å². The second-order valence-electron chi connectivity index (χ2n) is 3.83. The van der Waals surface area contributed by atoms with E-state index in [9.17, 15) is 9.18 Å². The highest BCUT2D eigenvalue weighted by Crippen LogP contribution is 2.19. The summed E-state index contributed by atoms with van der Waals surface area (Å²) in [6, 6.07) is 4.04. The number of carbonyl (C=O) groups is 1. The number of aromatic nitrogens is 2. The predicted molar refractivity (Wildman–Crippen MR) is 81.0 cm³/mol. The van der Waals surface area contributed by atoms with Gasteiger partial charge in [0.05, 0.1) is 5.56 Å². The fourth-order valence-electron chi connectivity index (χ4n) is 1.46. The molecule has 0 saturated heterocycles. The largest absolute Gasteiger partial charge is 0.296 e. The number of amides is 1. The first-order valence-corrected chi connectivity index (χ1v) is 7.58. The standard InChI is InChI=1S/C12H11FIN3OS/c1-2-3-10-16-17-12(19-10)15-11(18)8-5-4-7(13)6-9(8)14/h4-6H,2-3H2,1H3,(H,15,17,18). The Labute approximate surface area is 127 Å². The quantitative estimate of drug-likeness (QED) is 0.812. The zero-order valence-corrected chi connectivity index (χ0v) is 13.1. The van der Waals surface area contributed by atoms with Crippen molar-refractivity contribution in [3.8, 4) is 0 Å². The zero-order valence-electron chi connectivity index (χ0n) is 10.1. The lowest BCUT2D eigenvalue weighted by atomic mass is 10.2. The van der Waals surface area contributed by atoms with Crippen molar-refractivity contribution in [2.45, 2.75) is 19.8 Å². The fourth-order valence-corrected chi connectivity index (χ4v) is 3.02. The summed E-state index contributed by atoms with van der Waals surface area (Å²) in [5, 5.41) is 11.9. The van der Waals surface area contributed by atoms with Gasteiger partial charge in [-0.05, 0) is 47.2 Å². The molecule has 1 amide bonds. The molecule has 0 saturated carbocycles.